The van der Waals surface area contributed by atoms with Crippen molar-refractivity contribution in [2.45, 2.75) is 92.5 Å². The molecule has 14 N–H and O–H groups in total. The largest absolute Gasteiger partial charge is 0.480 e. The predicted molar refractivity (Wildman–Crippen MR) is 505 cm³/mol. The summed E-state index contributed by atoms with van der Waals surface area (Å²) in [5.41, 5.74) is 0. The van der Waals surface area contributed by atoms with Crippen molar-refractivity contribution in [3.05, 3.63) is 0 Å². The van der Waals surface area contributed by atoms with Gasteiger partial charge in [-0.15, -0.1) is 0 Å². The normalized spacial score (nSPS) is 10.8. The number of hydrogen-bond donors (Lipinski definition) is 14. The molecule has 137 heavy (non-hydrogen) atoms. The fourth-order valence-corrected chi connectivity index (χ4v) is 8.79. The molecule has 0 rings (SSSR count). The Morgan fingerprint density at radius 3 is 0.569 bits per heavy atom. The first-order valence-electron chi connectivity index (χ1n) is 46.3. The van der Waals surface area contributed by atoms with Crippen LogP contribution in [0, 0.1) is 0 Å². The maximum Gasteiger partial charge on any atom is 0.320 e. The molecule has 0 spiro atoms. The van der Waals surface area contributed by atoms with Crippen LogP contribution < -0.4 is 69.1 Å². The average molecular weight is 1990 g/mol. The lowest BCUT2D eigenvalue weighted by Gasteiger charge is -2.10. The number of carbonyl (C=O) groups is 14. The molecule has 0 aromatic rings. The van der Waals surface area contributed by atoms with Gasteiger partial charge >= 0.3 is 5.97 Å². The van der Waals surface area contributed by atoms with Crippen molar-refractivity contribution in [2.75, 3.05) is 398 Å². The highest BCUT2D eigenvalue weighted by atomic mass is 16.6. The summed E-state index contributed by atoms with van der Waals surface area (Å²) in [6, 6.07) is -0.696. The molecular weight excluding hydrogens is 1820 g/mol. The van der Waals surface area contributed by atoms with Gasteiger partial charge in [-0.3, -0.25) is 57.5 Å². The van der Waals surface area contributed by atoms with Gasteiger partial charge in [0.15, 0.2) is 17.3 Å². The molecule has 0 unspecified atom stereocenters. The molecular formula is C88H173N13O36. The minimum absolute atomic E-state index is 0.0110. The van der Waals surface area contributed by atoms with Crippen LogP contribution in [-0.4, -0.2) is 491 Å². The first-order chi connectivity index (χ1) is 66.2. The number of nitrogens with one attached hydrogen (secondary N) is 13. The Morgan fingerprint density at radius 2 is 0.372 bits per heavy atom. The number of Topliss-reactive ketones (excluding diaryl/α,β-unsaturated/α-hetero) is 6. The Hall–Kier alpha value is -7.30. The number of rotatable bonds is 97. The van der Waals surface area contributed by atoms with Gasteiger partial charge in [0, 0.05) is 97.7 Å². The smallest absolute Gasteiger partial charge is 0.320 e. The molecule has 806 valence electrons. The summed E-state index contributed by atoms with van der Waals surface area (Å²) in [5, 5.41) is 44.8. The van der Waals surface area contributed by atoms with Gasteiger partial charge in [0.25, 0.3) is 0 Å². The van der Waals surface area contributed by atoms with Crippen LogP contribution in [0.25, 0.3) is 0 Å². The van der Waals surface area contributed by atoms with E-state index in [4.69, 9.17) is 105 Å². The van der Waals surface area contributed by atoms with E-state index in [9.17, 15) is 67.1 Å². The van der Waals surface area contributed by atoms with Crippen molar-refractivity contribution in [1.29, 1.82) is 0 Å². The highest BCUT2D eigenvalue weighted by Crippen LogP contribution is 1.99. The van der Waals surface area contributed by atoms with E-state index in [1.807, 2.05) is 35.2 Å². The molecule has 0 aromatic heterocycles. The van der Waals surface area contributed by atoms with Crippen LogP contribution >= 0.6 is 0 Å². The number of carboxylic acids is 1. The van der Waals surface area contributed by atoms with Crippen molar-refractivity contribution >= 4 is 82.0 Å². The molecule has 0 radical (unpaired) electrons. The van der Waals surface area contributed by atoms with Crippen molar-refractivity contribution < 1.29 is 172 Å². The molecule has 0 aliphatic heterocycles. The minimum Gasteiger partial charge on any atom is -0.480 e. The predicted octanol–water partition coefficient (Wildman–Crippen LogP) is -4.89. The topological polar surface area (TPSA) is 609 Å². The van der Waals surface area contributed by atoms with Gasteiger partial charge < -0.3 is 183 Å². The van der Waals surface area contributed by atoms with Crippen LogP contribution in [0.4, 0.5) is 0 Å². The molecule has 0 saturated carbocycles. The Balaban J connectivity index is -0.000000457. The molecule has 0 heterocycles. The lowest BCUT2D eigenvalue weighted by atomic mass is 10.1. The second-order valence-electron chi connectivity index (χ2n) is 28.7. The lowest BCUT2D eigenvalue weighted by molar-refractivity contribution is -0.140. The molecule has 49 nitrogen and oxygen atoms in total. The number of hydrogen-bond acceptors (Lipinski definition) is 41. The summed E-state index contributed by atoms with van der Waals surface area (Å²) in [5.74, 6) is -2.27. The fraction of sp³-hybridized carbons (Fsp3) is 0.841. The molecule has 0 bridgehead atoms. The molecule has 1 atom stereocenters. The summed E-state index contributed by atoms with van der Waals surface area (Å²) >= 11 is 0. The van der Waals surface area contributed by atoms with Crippen molar-refractivity contribution in [1.82, 2.24) is 69.1 Å². The van der Waals surface area contributed by atoms with Gasteiger partial charge in [0.2, 0.25) is 41.4 Å². The van der Waals surface area contributed by atoms with Crippen molar-refractivity contribution in [2.24, 2.45) is 0 Å². The van der Waals surface area contributed by atoms with Gasteiger partial charge in [0.05, 0.1) is 218 Å². The molecule has 49 heteroatoms. The average Bonchev–Trinajstić information content (AvgIpc) is 0.961. The second-order valence-corrected chi connectivity index (χ2v) is 28.7. The van der Waals surface area contributed by atoms with Crippen LogP contribution in [0.5, 0.6) is 0 Å². The van der Waals surface area contributed by atoms with E-state index in [1.165, 1.54) is 27.7 Å². The summed E-state index contributed by atoms with van der Waals surface area (Å²) < 4.78 is 110. The fourth-order valence-electron chi connectivity index (χ4n) is 8.79. The summed E-state index contributed by atoms with van der Waals surface area (Å²) in [7, 11) is 10.9. The van der Waals surface area contributed by atoms with Crippen LogP contribution in [0.1, 0.15) is 86.5 Å². The Kier molecular flexibility index (Phi) is 122. The third kappa shape index (κ3) is 139. The number of ether oxygens (including phenoxy) is 21. The van der Waals surface area contributed by atoms with E-state index in [1.54, 1.807) is 20.9 Å². The van der Waals surface area contributed by atoms with E-state index >= 15 is 0 Å². The maximum absolute atomic E-state index is 11.9. The third-order valence-corrected chi connectivity index (χ3v) is 15.7. The van der Waals surface area contributed by atoms with Gasteiger partial charge in [0.1, 0.15) is 82.9 Å². The third-order valence-electron chi connectivity index (χ3n) is 15.7. The number of likely N-dealkylation sites (N-methyl/N-ethyl adjacent to an activating group) is 5. The molecule has 0 aliphatic rings. The zero-order valence-electron chi connectivity index (χ0n) is 83.9. The molecule has 0 fully saturated rings. The Labute approximate surface area is 810 Å². The first kappa shape index (κ1) is 140. The second kappa shape index (κ2) is 119. The van der Waals surface area contributed by atoms with Crippen LogP contribution in [0.3, 0.4) is 0 Å². The monoisotopic (exact) mass is 1990 g/mol. The zero-order chi connectivity index (χ0) is 103. The maximum atomic E-state index is 11.9. The van der Waals surface area contributed by atoms with E-state index in [2.05, 4.69) is 69.1 Å². The highest BCUT2D eigenvalue weighted by Gasteiger charge is 2.17. The van der Waals surface area contributed by atoms with Crippen LogP contribution in [-0.2, 0) is 167 Å². The Morgan fingerprint density at radius 1 is 0.190 bits per heavy atom. The van der Waals surface area contributed by atoms with Gasteiger partial charge in [-0.25, -0.2) is 0 Å². The standard InChI is InChI=1S/C38H72N6O18.C14H28N2O6.C11H20N2O4.C11H23NO4.C8H17NO3.C6H13NO/c1-33(45)27-57-21-15-52-10-4-40-35(47)29-59-23-17-54-12-6-42-37(49)31-61-25-19-56-14-8-44-38(50)32-62-26-20-55-13-7-43-36(48)30-60-24-18-53-11-5-41-34(46)28-58-22-16-51-9-3-39-2;1-13(17)11-21-9-7-20-6-4-16-14(18)12-22-10-8-19-5-3-15-2;1-8(14)4-3-7-13-10(15)6-5-9(12-2)11(16)17;1-11(13)3-5-14-7-9-16-10-8-15-6-4-12-2;1-8(10)7-12-6-5-11-4-3-9-2;1-6(8)4-3-5-7-2/h39H,3-32H2,1-2H3,(H,40,47)(H,41,46)(H,42,49)(H,43,48)(H,44,50);15H,3-12H2,1-2H3,(H,16,18);9,12H,3-7H2,1-2H3,(H,13,15)(H,16,17);12H,3-10H2,1-2H3;9H,3-7H2,1-2H3;7H,3-5H2,1-2H3/t;;9-;;;/m..0.../s1. The minimum atomic E-state index is -0.961. The molecule has 0 saturated heterocycles. The molecule has 0 aromatic carbocycles. The van der Waals surface area contributed by atoms with Gasteiger partial charge in [-0.2, -0.15) is 0 Å². The van der Waals surface area contributed by atoms with E-state index in [-0.39, 0.29) is 241 Å². The highest BCUT2D eigenvalue weighted by molar-refractivity contribution is 5.81. The number of carboxylic acid groups (broad SMARTS) is 1. The SMILES string of the molecule is CNCCCC(C)=O.CNCCOCCOCC(=O)NCCOCCOCC(=O)NCCOCCOCC(=O)NCCOCCOCC(=O)NCCOCCOCC(=O)NCCOCCOCC(C)=O.CNCCOCCOCC(=O)NCCOCCOCC(C)=O.CNCCOCCOCC(C)=O.CNCCOCCOCCOCCC(C)=O.CN[C@@H](CCC(=O)NCCCC(C)=O)C(=O)O. The summed E-state index contributed by atoms with van der Waals surface area (Å²) in [6.07, 6.45) is 3.64. The first-order valence-corrected chi connectivity index (χ1v) is 46.3. The van der Waals surface area contributed by atoms with Crippen molar-refractivity contribution in [3.8, 4) is 0 Å². The zero-order valence-corrected chi connectivity index (χ0v) is 83.9. The van der Waals surface area contributed by atoms with Gasteiger partial charge in [-0.1, -0.05) is 0 Å². The van der Waals surface area contributed by atoms with E-state index < -0.39 is 12.0 Å². The number of amides is 7. The van der Waals surface area contributed by atoms with Crippen LogP contribution in [0.15, 0.2) is 0 Å². The van der Waals surface area contributed by atoms with E-state index in [0.29, 0.717) is 197 Å². The molecule has 7 amide bonds. The van der Waals surface area contributed by atoms with E-state index in [0.717, 1.165) is 39.1 Å². The van der Waals surface area contributed by atoms with Gasteiger partial charge in [-0.05, 0) is 110 Å². The number of carbonyl (C=O) groups excluding carboxylic acids is 13. The van der Waals surface area contributed by atoms with Crippen molar-refractivity contribution in [3.63, 3.8) is 0 Å². The Bertz CT molecular complexity index is 2850. The summed E-state index contributed by atoms with van der Waals surface area (Å²) in [6.45, 7) is 28.4. The summed E-state index contributed by atoms with van der Waals surface area (Å²) in [4.78, 5) is 156. The molecule has 0 aliphatic carbocycles. The number of aliphatic carboxylic acids is 1. The van der Waals surface area contributed by atoms with Crippen LogP contribution in [0.2, 0.25) is 0 Å². The number of ketones is 6. The quantitative estimate of drug-likeness (QED) is 0.0254. The lowest BCUT2D eigenvalue weighted by Crippen LogP contribution is -2.35.